The van der Waals surface area contributed by atoms with Gasteiger partial charge in [-0.15, -0.1) is 0 Å². The summed E-state index contributed by atoms with van der Waals surface area (Å²) < 4.78 is 11.0. The quantitative estimate of drug-likeness (QED) is 0.458. The molecule has 0 aliphatic carbocycles. The van der Waals surface area contributed by atoms with Crippen LogP contribution in [0, 0.1) is 13.8 Å². The molecule has 3 rings (SSSR count). The molecular formula is C22H26N2O5. The molecule has 1 aromatic carbocycles. The lowest BCUT2D eigenvalue weighted by Gasteiger charge is -2.24. The number of carbonyl (C=O) groups excluding carboxylic acids is 2. The minimum absolute atomic E-state index is 0.0349. The van der Waals surface area contributed by atoms with Crippen molar-refractivity contribution in [1.82, 2.24) is 9.80 Å². The van der Waals surface area contributed by atoms with Gasteiger partial charge in [0.2, 0.25) is 0 Å². The lowest BCUT2D eigenvalue weighted by molar-refractivity contribution is -0.140. The summed E-state index contributed by atoms with van der Waals surface area (Å²) >= 11 is 0. The molecule has 1 saturated heterocycles. The number of benzene rings is 1. The highest BCUT2D eigenvalue weighted by atomic mass is 16.5. The van der Waals surface area contributed by atoms with Crippen LogP contribution in [0.15, 0.2) is 40.3 Å². The molecule has 1 fully saturated rings. The van der Waals surface area contributed by atoms with Crippen LogP contribution in [0.3, 0.4) is 0 Å². The van der Waals surface area contributed by atoms with E-state index < -0.39 is 17.7 Å². The molecule has 1 atom stereocenters. The van der Waals surface area contributed by atoms with Gasteiger partial charge in [-0.2, -0.15) is 0 Å². The van der Waals surface area contributed by atoms with Crippen LogP contribution in [0.5, 0.6) is 5.75 Å². The number of aliphatic hydroxyl groups is 1. The highest BCUT2D eigenvalue weighted by Gasteiger charge is 2.47. The maximum atomic E-state index is 12.9. The molecule has 2 aromatic rings. The number of likely N-dealkylation sites (N-methyl/N-ethyl adjacent to an activating group) is 1. The second kappa shape index (κ2) is 8.13. The molecule has 1 aromatic heterocycles. The summed E-state index contributed by atoms with van der Waals surface area (Å²) in [6, 6.07) is 7.86. The molecule has 0 bridgehead atoms. The second-order valence-electron chi connectivity index (χ2n) is 7.43. The van der Waals surface area contributed by atoms with E-state index in [4.69, 9.17) is 9.15 Å². The monoisotopic (exact) mass is 398 g/mol. The van der Waals surface area contributed by atoms with Crippen LogP contribution >= 0.6 is 0 Å². The Morgan fingerprint density at radius 1 is 1.21 bits per heavy atom. The van der Waals surface area contributed by atoms with E-state index in [0.717, 1.165) is 5.56 Å². The molecule has 0 saturated carbocycles. The van der Waals surface area contributed by atoms with Crippen LogP contribution in [0.25, 0.3) is 5.76 Å². The maximum absolute atomic E-state index is 12.9. The van der Waals surface area contributed by atoms with Crippen LogP contribution < -0.4 is 4.74 Å². The Morgan fingerprint density at radius 2 is 1.93 bits per heavy atom. The van der Waals surface area contributed by atoms with Gasteiger partial charge in [-0.3, -0.25) is 9.59 Å². The molecule has 7 heteroatoms. The first kappa shape index (κ1) is 20.7. The number of ketones is 1. The standard InChI is InChI=1S/C22H26N2O5/c1-13-12-15(7-9-16(13)28-5)20(25)18-19(17-8-6-14(2)29-17)24(11-10-23(3)4)22(27)21(18)26/h6-9,12,19,25H,10-11H2,1-5H3/b20-18-. The molecule has 154 valence electrons. The van der Waals surface area contributed by atoms with Gasteiger partial charge >= 0.3 is 0 Å². The highest BCUT2D eigenvalue weighted by molar-refractivity contribution is 6.46. The molecule has 0 spiro atoms. The van der Waals surface area contributed by atoms with E-state index in [0.29, 0.717) is 35.9 Å². The van der Waals surface area contributed by atoms with Crippen molar-refractivity contribution >= 4 is 17.4 Å². The molecule has 1 amide bonds. The fourth-order valence-corrected chi connectivity index (χ4v) is 3.50. The second-order valence-corrected chi connectivity index (χ2v) is 7.43. The van der Waals surface area contributed by atoms with Crippen LogP contribution in [0.2, 0.25) is 0 Å². The Kier molecular flexibility index (Phi) is 5.79. The maximum Gasteiger partial charge on any atom is 0.295 e. The summed E-state index contributed by atoms with van der Waals surface area (Å²) in [6.45, 7) is 4.55. The SMILES string of the molecule is COc1ccc(/C(O)=C2/C(=O)C(=O)N(CCN(C)C)C2c2ccc(C)o2)cc1C. The van der Waals surface area contributed by atoms with E-state index >= 15 is 0 Å². The van der Waals surface area contributed by atoms with Crippen molar-refractivity contribution < 1.29 is 23.8 Å². The Balaban J connectivity index is 2.13. The van der Waals surface area contributed by atoms with Crippen LogP contribution in [0.1, 0.15) is 28.7 Å². The first-order valence-electron chi connectivity index (χ1n) is 9.39. The van der Waals surface area contributed by atoms with E-state index in [1.54, 1.807) is 44.4 Å². The zero-order chi connectivity index (χ0) is 21.3. The molecule has 1 N–H and O–H groups in total. The van der Waals surface area contributed by atoms with Crippen LogP contribution in [0.4, 0.5) is 0 Å². The number of furan rings is 1. The normalized spacial score (nSPS) is 18.7. The summed E-state index contributed by atoms with van der Waals surface area (Å²) in [4.78, 5) is 29.0. The lowest BCUT2D eigenvalue weighted by Crippen LogP contribution is -2.35. The first-order chi connectivity index (χ1) is 13.7. The number of Topliss-reactive ketones (excluding diaryl/α,β-unsaturated/α-hetero) is 1. The Hall–Kier alpha value is -3.06. The predicted octanol–water partition coefficient (Wildman–Crippen LogP) is 2.89. The summed E-state index contributed by atoms with van der Waals surface area (Å²) in [7, 11) is 5.35. The van der Waals surface area contributed by atoms with Crippen molar-refractivity contribution in [3.63, 3.8) is 0 Å². The summed E-state index contributed by atoms with van der Waals surface area (Å²) in [5, 5.41) is 11.0. The summed E-state index contributed by atoms with van der Waals surface area (Å²) in [6.07, 6.45) is 0. The van der Waals surface area contributed by atoms with Gasteiger partial charge in [0, 0.05) is 18.7 Å². The Labute approximate surface area is 170 Å². The first-order valence-corrected chi connectivity index (χ1v) is 9.39. The number of rotatable bonds is 6. The predicted molar refractivity (Wildman–Crippen MR) is 109 cm³/mol. The van der Waals surface area contributed by atoms with Crippen LogP contribution in [-0.4, -0.2) is 60.9 Å². The van der Waals surface area contributed by atoms with Crippen molar-refractivity contribution in [3.05, 3.63) is 58.6 Å². The van der Waals surface area contributed by atoms with Crippen molar-refractivity contribution in [1.29, 1.82) is 0 Å². The van der Waals surface area contributed by atoms with Crippen LogP contribution in [-0.2, 0) is 9.59 Å². The fourth-order valence-electron chi connectivity index (χ4n) is 3.50. The molecule has 29 heavy (non-hydrogen) atoms. The molecule has 7 nitrogen and oxygen atoms in total. The molecular weight excluding hydrogens is 372 g/mol. The Bertz CT molecular complexity index is 973. The van der Waals surface area contributed by atoms with Gasteiger partial charge in [0.05, 0.1) is 12.7 Å². The van der Waals surface area contributed by atoms with E-state index in [9.17, 15) is 14.7 Å². The van der Waals surface area contributed by atoms with Gasteiger partial charge in [0.25, 0.3) is 11.7 Å². The van der Waals surface area contributed by atoms with Gasteiger partial charge in [0.1, 0.15) is 29.1 Å². The zero-order valence-electron chi connectivity index (χ0n) is 17.4. The van der Waals surface area contributed by atoms with E-state index in [-0.39, 0.29) is 11.3 Å². The van der Waals surface area contributed by atoms with Gasteiger partial charge in [-0.05, 0) is 63.8 Å². The number of hydrogen-bond acceptors (Lipinski definition) is 6. The van der Waals surface area contributed by atoms with Crippen molar-refractivity contribution in [3.8, 4) is 5.75 Å². The largest absolute Gasteiger partial charge is 0.507 e. The summed E-state index contributed by atoms with van der Waals surface area (Å²) in [5.41, 5.74) is 1.29. The zero-order valence-corrected chi connectivity index (χ0v) is 17.4. The molecule has 2 heterocycles. The van der Waals surface area contributed by atoms with E-state index in [1.165, 1.54) is 4.90 Å². The highest BCUT2D eigenvalue weighted by Crippen LogP contribution is 2.40. The number of likely N-dealkylation sites (tertiary alicyclic amines) is 1. The number of carbonyl (C=O) groups is 2. The molecule has 1 aliphatic heterocycles. The number of ether oxygens (including phenoxy) is 1. The van der Waals surface area contributed by atoms with Crippen molar-refractivity contribution in [2.24, 2.45) is 0 Å². The summed E-state index contributed by atoms with van der Waals surface area (Å²) in [5.74, 6) is 0.212. The number of aryl methyl sites for hydroxylation is 2. The topological polar surface area (TPSA) is 83.2 Å². The third-order valence-corrected chi connectivity index (χ3v) is 5.03. The smallest absolute Gasteiger partial charge is 0.295 e. The number of hydrogen-bond donors (Lipinski definition) is 1. The van der Waals surface area contributed by atoms with Gasteiger partial charge < -0.3 is 24.1 Å². The number of nitrogens with zero attached hydrogens (tertiary/aromatic N) is 2. The van der Waals surface area contributed by atoms with Gasteiger partial charge in [0.15, 0.2) is 0 Å². The fraction of sp³-hybridized carbons (Fsp3) is 0.364. The molecule has 1 aliphatic rings. The van der Waals surface area contributed by atoms with E-state index in [1.807, 2.05) is 25.9 Å². The average Bonchev–Trinajstić information content (AvgIpc) is 3.21. The third-order valence-electron chi connectivity index (χ3n) is 5.03. The van der Waals surface area contributed by atoms with Crippen molar-refractivity contribution in [2.75, 3.05) is 34.3 Å². The Morgan fingerprint density at radius 3 is 2.48 bits per heavy atom. The minimum atomic E-state index is -0.772. The van der Waals surface area contributed by atoms with Gasteiger partial charge in [-0.25, -0.2) is 0 Å². The number of methoxy groups -OCH3 is 1. The lowest BCUT2D eigenvalue weighted by atomic mass is 9.98. The third kappa shape index (κ3) is 3.91. The number of amides is 1. The van der Waals surface area contributed by atoms with Gasteiger partial charge in [-0.1, -0.05) is 0 Å². The van der Waals surface area contributed by atoms with Crippen molar-refractivity contribution in [2.45, 2.75) is 19.9 Å². The minimum Gasteiger partial charge on any atom is -0.507 e. The molecule has 0 radical (unpaired) electrons. The number of aliphatic hydroxyl groups excluding tert-OH is 1. The molecule has 1 unspecified atom stereocenters. The average molecular weight is 398 g/mol. The van der Waals surface area contributed by atoms with E-state index in [2.05, 4.69) is 0 Å².